The number of fused-ring (bicyclic) bond motifs is 7. The van der Waals surface area contributed by atoms with Gasteiger partial charge in [-0.2, -0.15) is 9.97 Å². The summed E-state index contributed by atoms with van der Waals surface area (Å²) in [5.74, 6) is 1.27. The first-order chi connectivity index (χ1) is 27.4. The molecule has 3 atom stereocenters. The second kappa shape index (κ2) is 14.8. The Hall–Kier alpha value is -5.59. The molecule has 56 heavy (non-hydrogen) atoms. The Labute approximate surface area is 333 Å². The van der Waals surface area contributed by atoms with Crippen molar-refractivity contribution in [3.05, 3.63) is 177 Å². The zero-order valence-electron chi connectivity index (χ0n) is 31.1. The van der Waals surface area contributed by atoms with E-state index in [4.69, 9.17) is 46.3 Å². The number of benzene rings is 2. The standard InChI is InChI=1S/C46H37B4N5O/c1-27(47)41(49)42(50)40(34(48)26-56)45-51-44(29-16-6-3-7-17-29)52-46(53-45)55-36-22-12-9-19-31(36)32-24-25-38-39(43(32)55)33-20-10-13-23-37(33)54(38)35-21-11-8-18-30(35)28-14-4-2-5-15-28/h2,4-6,8-10,12-14,16-20,22-25,28,38-39,56H,1,3,7,11,15,21,26H2/b40-34-,42-41-. The minimum absolute atomic E-state index is 0.00164. The van der Waals surface area contributed by atoms with Crippen molar-refractivity contribution in [3.8, 4) is 5.95 Å². The molecule has 3 heterocycles. The summed E-state index contributed by atoms with van der Waals surface area (Å²) in [7, 11) is 25.5. The number of aromatic nitrogens is 4. The van der Waals surface area contributed by atoms with Gasteiger partial charge >= 0.3 is 0 Å². The van der Waals surface area contributed by atoms with Gasteiger partial charge in [-0.25, -0.2) is 4.98 Å². The zero-order valence-corrected chi connectivity index (χ0v) is 31.1. The summed E-state index contributed by atoms with van der Waals surface area (Å²) in [6.45, 7) is 3.27. The van der Waals surface area contributed by atoms with Crippen LogP contribution < -0.4 is 4.90 Å². The van der Waals surface area contributed by atoms with E-state index in [1.165, 1.54) is 22.5 Å². The minimum Gasteiger partial charge on any atom is -0.393 e. The van der Waals surface area contributed by atoms with Gasteiger partial charge in [-0.1, -0.05) is 114 Å². The van der Waals surface area contributed by atoms with Gasteiger partial charge < -0.3 is 10.0 Å². The Morgan fingerprint density at radius 1 is 0.839 bits per heavy atom. The lowest BCUT2D eigenvalue weighted by atomic mass is 9.67. The van der Waals surface area contributed by atoms with Gasteiger partial charge in [0.15, 0.2) is 11.6 Å². The van der Waals surface area contributed by atoms with Crippen LogP contribution in [0.2, 0.25) is 0 Å². The molecule has 10 heteroatoms. The van der Waals surface area contributed by atoms with Crippen molar-refractivity contribution in [3.63, 3.8) is 0 Å². The third kappa shape index (κ3) is 6.02. The number of aliphatic hydroxyl groups is 1. The van der Waals surface area contributed by atoms with Crippen molar-refractivity contribution < 1.29 is 5.11 Å². The van der Waals surface area contributed by atoms with Gasteiger partial charge in [0.05, 0.1) is 24.1 Å². The number of aliphatic hydroxyl groups excluding tert-OH is 1. The van der Waals surface area contributed by atoms with Crippen LogP contribution in [0.5, 0.6) is 0 Å². The van der Waals surface area contributed by atoms with Crippen molar-refractivity contribution in [1.82, 2.24) is 19.5 Å². The molecule has 2 aromatic heterocycles. The largest absolute Gasteiger partial charge is 0.393 e. The lowest BCUT2D eigenvalue weighted by Crippen LogP contribution is -2.36. The van der Waals surface area contributed by atoms with Gasteiger partial charge in [-0.3, -0.25) is 4.57 Å². The van der Waals surface area contributed by atoms with Crippen LogP contribution >= 0.6 is 0 Å². The van der Waals surface area contributed by atoms with Crippen LogP contribution in [0.15, 0.2) is 149 Å². The summed E-state index contributed by atoms with van der Waals surface area (Å²) in [5, 5.41) is 11.4. The normalized spacial score (nSPS) is 21.8. The maximum atomic E-state index is 10.4. The van der Waals surface area contributed by atoms with Crippen LogP contribution in [-0.2, 0) is 0 Å². The number of para-hydroxylation sites is 2. The molecule has 2 aromatic carbocycles. The third-order valence-electron chi connectivity index (χ3n) is 11.4. The highest BCUT2D eigenvalue weighted by atomic mass is 16.3. The molecule has 6 nitrogen and oxygen atoms in total. The Morgan fingerprint density at radius 3 is 2.45 bits per heavy atom. The van der Waals surface area contributed by atoms with E-state index in [1.54, 1.807) is 0 Å². The summed E-state index contributed by atoms with van der Waals surface area (Å²) in [5.41, 5.74) is 9.53. The van der Waals surface area contributed by atoms with Crippen LogP contribution in [0.1, 0.15) is 66.5 Å². The Morgan fingerprint density at radius 2 is 1.66 bits per heavy atom. The molecular formula is C46H37B4N5O. The molecule has 4 aromatic rings. The van der Waals surface area contributed by atoms with E-state index < -0.39 is 6.61 Å². The molecule has 0 spiro atoms. The fourth-order valence-electron chi connectivity index (χ4n) is 8.86. The van der Waals surface area contributed by atoms with E-state index in [0.29, 0.717) is 17.7 Å². The first kappa shape index (κ1) is 36.1. The topological polar surface area (TPSA) is 67.1 Å². The van der Waals surface area contributed by atoms with Crippen molar-refractivity contribution in [2.45, 2.75) is 44.1 Å². The summed E-state index contributed by atoms with van der Waals surface area (Å²) >= 11 is 0. The first-order valence-corrected chi connectivity index (χ1v) is 19.2. The molecule has 9 rings (SSSR count). The third-order valence-corrected chi connectivity index (χ3v) is 11.4. The average molecular weight is 719 g/mol. The van der Waals surface area contributed by atoms with Gasteiger partial charge in [0.25, 0.3) is 0 Å². The summed E-state index contributed by atoms with van der Waals surface area (Å²) in [4.78, 5) is 17.9. The van der Waals surface area contributed by atoms with Gasteiger partial charge in [-0.15, -0.1) is 17.5 Å². The van der Waals surface area contributed by atoms with Gasteiger partial charge in [0, 0.05) is 45.1 Å². The lowest BCUT2D eigenvalue weighted by Gasteiger charge is -2.36. The summed E-state index contributed by atoms with van der Waals surface area (Å²) in [6.07, 6.45) is 29.1. The molecule has 8 radical (unpaired) electrons. The van der Waals surface area contributed by atoms with Crippen molar-refractivity contribution >= 4 is 65.2 Å². The van der Waals surface area contributed by atoms with Crippen molar-refractivity contribution in [2.75, 3.05) is 11.5 Å². The number of allylic oxidation sites excluding steroid dienone is 16. The molecule has 3 unspecified atom stereocenters. The van der Waals surface area contributed by atoms with Crippen LogP contribution in [0.3, 0.4) is 0 Å². The maximum absolute atomic E-state index is 10.4. The molecule has 1 N–H and O–H groups in total. The van der Waals surface area contributed by atoms with E-state index in [2.05, 4.69) is 119 Å². The Balaban J connectivity index is 1.30. The van der Waals surface area contributed by atoms with Crippen molar-refractivity contribution in [1.29, 1.82) is 0 Å². The molecular weight excluding hydrogens is 682 g/mol. The lowest BCUT2D eigenvalue weighted by molar-refractivity contribution is 0.339. The highest BCUT2D eigenvalue weighted by Crippen LogP contribution is 2.53. The molecule has 1 aliphatic heterocycles. The second-order valence-corrected chi connectivity index (χ2v) is 14.7. The number of anilines is 1. The minimum atomic E-state index is -0.512. The van der Waals surface area contributed by atoms with E-state index in [9.17, 15) is 5.11 Å². The molecule has 4 aliphatic carbocycles. The monoisotopic (exact) mass is 719 g/mol. The predicted molar refractivity (Wildman–Crippen MR) is 232 cm³/mol. The zero-order chi connectivity index (χ0) is 38.5. The van der Waals surface area contributed by atoms with Crippen molar-refractivity contribution in [2.24, 2.45) is 5.92 Å². The van der Waals surface area contributed by atoms with Crippen LogP contribution in [-0.4, -0.2) is 68.7 Å². The summed E-state index contributed by atoms with van der Waals surface area (Å²) in [6, 6.07) is 17.2. The number of hydrogen-bond donors (Lipinski definition) is 1. The van der Waals surface area contributed by atoms with Gasteiger partial charge in [0.1, 0.15) is 31.4 Å². The van der Waals surface area contributed by atoms with E-state index in [1.807, 2.05) is 12.1 Å². The first-order valence-electron chi connectivity index (χ1n) is 19.2. The van der Waals surface area contributed by atoms with E-state index in [-0.39, 0.29) is 45.2 Å². The van der Waals surface area contributed by atoms with E-state index in [0.717, 1.165) is 59.8 Å². The fraction of sp³-hybridized carbons (Fsp3) is 0.196. The smallest absolute Gasteiger partial charge is 0.238 e. The summed E-state index contributed by atoms with van der Waals surface area (Å²) < 4.78 is 2.18. The predicted octanol–water partition coefficient (Wildman–Crippen LogP) is 7.74. The van der Waals surface area contributed by atoms with Gasteiger partial charge in [-0.05, 0) is 55.4 Å². The Kier molecular flexibility index (Phi) is 9.54. The number of rotatable bonds is 8. The highest BCUT2D eigenvalue weighted by Gasteiger charge is 2.45. The molecule has 264 valence electrons. The Bertz CT molecular complexity index is 2600. The van der Waals surface area contributed by atoms with Crippen LogP contribution in [0, 0.1) is 5.92 Å². The highest BCUT2D eigenvalue weighted by molar-refractivity contribution is 6.45. The van der Waals surface area contributed by atoms with E-state index >= 15 is 0 Å². The van der Waals surface area contributed by atoms with Gasteiger partial charge in [0.2, 0.25) is 5.95 Å². The molecule has 0 saturated heterocycles. The maximum Gasteiger partial charge on any atom is 0.238 e. The fourth-order valence-corrected chi connectivity index (χ4v) is 8.86. The molecule has 0 bridgehead atoms. The molecule has 5 aliphatic rings. The van der Waals surface area contributed by atoms with Crippen LogP contribution in [0.4, 0.5) is 5.69 Å². The second-order valence-electron chi connectivity index (χ2n) is 14.7. The number of hydrogen-bond acceptors (Lipinski definition) is 5. The molecule has 0 amide bonds. The molecule has 0 saturated carbocycles. The SMILES string of the molecule is [B]C(=C)/C([B])=C([B])\C(=C(\[B])CO)c1nc(C2=CCCC=C2)nc(-n2c3c(c4ccccc42)C=CC2C3c3ccccc3N2C2=C(C3C=CC=CC3)C=CCC2)n1. The quantitative estimate of drug-likeness (QED) is 0.149. The van der Waals surface area contributed by atoms with Crippen LogP contribution in [0.25, 0.3) is 34.1 Å². The average Bonchev–Trinajstić information content (AvgIpc) is 3.77. The number of nitrogens with zero attached hydrogens (tertiary/aromatic N) is 5. The molecule has 0 fully saturated rings.